The minimum absolute atomic E-state index is 0.0289. The zero-order chi connectivity index (χ0) is 22.6. The maximum absolute atomic E-state index is 13.2. The van der Waals surface area contributed by atoms with Crippen molar-refractivity contribution in [2.24, 2.45) is 0 Å². The van der Waals surface area contributed by atoms with Crippen molar-refractivity contribution in [3.05, 3.63) is 70.4 Å². The molecule has 1 fully saturated rings. The molecule has 0 N–H and O–H groups in total. The average Bonchev–Trinajstić information content (AvgIpc) is 3.39. The lowest BCUT2D eigenvalue weighted by Crippen LogP contribution is -2.35. The van der Waals surface area contributed by atoms with Crippen LogP contribution in [0.4, 0.5) is 0 Å². The molecule has 0 bridgehead atoms. The second-order valence-electron chi connectivity index (χ2n) is 7.60. The summed E-state index contributed by atoms with van der Waals surface area (Å²) in [6.45, 7) is 3.54. The first kappa shape index (κ1) is 22.7. The van der Waals surface area contributed by atoms with E-state index in [0.717, 1.165) is 30.3 Å². The van der Waals surface area contributed by atoms with E-state index in [9.17, 15) is 13.2 Å². The maximum atomic E-state index is 13.2. The highest BCUT2D eigenvalue weighted by atomic mass is 32.2. The van der Waals surface area contributed by atoms with Gasteiger partial charge < -0.3 is 9.30 Å². The summed E-state index contributed by atoms with van der Waals surface area (Å²) in [5.41, 5.74) is 1.21. The summed E-state index contributed by atoms with van der Waals surface area (Å²) in [6, 6.07) is 11.7. The highest BCUT2D eigenvalue weighted by Gasteiger charge is 2.32. The first-order valence-corrected chi connectivity index (χ1v) is 12.7. The number of imidazole rings is 1. The van der Waals surface area contributed by atoms with Crippen molar-refractivity contribution in [1.29, 1.82) is 0 Å². The van der Waals surface area contributed by atoms with Gasteiger partial charge in [0, 0.05) is 38.6 Å². The Morgan fingerprint density at radius 3 is 2.69 bits per heavy atom. The van der Waals surface area contributed by atoms with Crippen LogP contribution in [0.1, 0.15) is 27.5 Å². The molecule has 32 heavy (non-hydrogen) atoms. The number of methoxy groups -OCH3 is 1. The molecule has 0 amide bonds. The number of carbonyl (C=O) groups is 1. The molecule has 0 aliphatic carbocycles. The molecule has 4 rings (SSSR count). The number of sulfonamides is 1. The summed E-state index contributed by atoms with van der Waals surface area (Å²) in [5, 5.41) is 1.61. The highest BCUT2D eigenvalue weighted by molar-refractivity contribution is 7.89. The van der Waals surface area contributed by atoms with Gasteiger partial charge in [-0.15, -0.1) is 11.3 Å². The van der Waals surface area contributed by atoms with Crippen molar-refractivity contribution in [2.45, 2.75) is 24.4 Å². The molecule has 170 valence electrons. The maximum Gasteiger partial charge on any atom is 0.349 e. The predicted molar refractivity (Wildman–Crippen MR) is 122 cm³/mol. The van der Waals surface area contributed by atoms with Crippen LogP contribution >= 0.6 is 11.3 Å². The number of ether oxygens (including phenoxy) is 1. The average molecular weight is 475 g/mol. The fourth-order valence-electron chi connectivity index (χ4n) is 3.84. The number of hydrogen-bond acceptors (Lipinski definition) is 7. The van der Waals surface area contributed by atoms with E-state index in [1.165, 1.54) is 23.0 Å². The van der Waals surface area contributed by atoms with Crippen LogP contribution < -0.4 is 0 Å². The third kappa shape index (κ3) is 4.93. The molecule has 1 aromatic carbocycles. The Hall–Kier alpha value is -2.53. The molecule has 2 aromatic heterocycles. The van der Waals surface area contributed by atoms with E-state index in [0.29, 0.717) is 32.6 Å². The quantitative estimate of drug-likeness (QED) is 0.490. The predicted octanol–water partition coefficient (Wildman–Crippen LogP) is 2.68. The van der Waals surface area contributed by atoms with E-state index in [1.54, 1.807) is 11.6 Å². The van der Waals surface area contributed by atoms with Crippen LogP contribution in [0.25, 0.3) is 0 Å². The Bertz CT molecular complexity index is 1160. The third-order valence-corrected chi connectivity index (χ3v) is 8.49. The Morgan fingerprint density at radius 2 is 1.91 bits per heavy atom. The van der Waals surface area contributed by atoms with Crippen LogP contribution in [-0.2, 0) is 27.8 Å². The highest BCUT2D eigenvalue weighted by Crippen LogP contribution is 2.27. The zero-order valence-electron chi connectivity index (χ0n) is 17.9. The Kier molecular flexibility index (Phi) is 7.04. The van der Waals surface area contributed by atoms with Crippen LogP contribution in [0.5, 0.6) is 0 Å². The smallest absolute Gasteiger partial charge is 0.349 e. The number of rotatable bonds is 7. The lowest BCUT2D eigenvalue weighted by Gasteiger charge is -2.22. The minimum Gasteiger partial charge on any atom is -0.465 e. The van der Waals surface area contributed by atoms with E-state index < -0.39 is 16.0 Å². The number of carbonyl (C=O) groups excluding carboxylic acids is 1. The topological polar surface area (TPSA) is 84.7 Å². The molecule has 0 saturated carbocycles. The van der Waals surface area contributed by atoms with Crippen molar-refractivity contribution in [1.82, 2.24) is 18.8 Å². The molecule has 0 radical (unpaired) electrons. The summed E-state index contributed by atoms with van der Waals surface area (Å²) >= 11 is 1.08. The van der Waals surface area contributed by atoms with E-state index in [4.69, 9.17) is 4.74 Å². The molecule has 1 aliphatic heterocycles. The van der Waals surface area contributed by atoms with Gasteiger partial charge >= 0.3 is 5.97 Å². The SMILES string of the molecule is COC(=O)c1sccc1S(=O)(=O)N1CCCN(Cc2nccn2Cc2ccccc2)CC1. The number of esters is 1. The Labute approximate surface area is 192 Å². The Balaban J connectivity index is 1.43. The Morgan fingerprint density at radius 1 is 1.09 bits per heavy atom. The van der Waals surface area contributed by atoms with Gasteiger partial charge in [0.2, 0.25) is 10.0 Å². The van der Waals surface area contributed by atoms with Gasteiger partial charge in [0.1, 0.15) is 15.6 Å². The number of thiophene rings is 1. The van der Waals surface area contributed by atoms with E-state index in [-0.39, 0.29) is 9.77 Å². The molecule has 10 heteroatoms. The second-order valence-corrected chi connectivity index (χ2v) is 10.4. The van der Waals surface area contributed by atoms with Gasteiger partial charge in [-0.25, -0.2) is 18.2 Å². The van der Waals surface area contributed by atoms with Crippen LogP contribution in [0, 0.1) is 0 Å². The summed E-state index contributed by atoms with van der Waals surface area (Å²) in [4.78, 5) is 18.9. The monoisotopic (exact) mass is 474 g/mol. The third-order valence-electron chi connectivity index (χ3n) is 5.53. The van der Waals surface area contributed by atoms with Gasteiger partial charge in [-0.2, -0.15) is 4.31 Å². The zero-order valence-corrected chi connectivity index (χ0v) is 19.5. The summed E-state index contributed by atoms with van der Waals surface area (Å²) < 4.78 is 34.8. The lowest BCUT2D eigenvalue weighted by atomic mass is 10.2. The number of benzene rings is 1. The standard InChI is InChI=1S/C22H26N4O4S2/c1-30-22(27)21-19(8-15-31-21)32(28,29)26-11-5-10-24(13-14-26)17-20-23-9-12-25(20)16-18-6-3-2-4-7-18/h2-4,6-9,12,15H,5,10-11,13-14,16-17H2,1H3. The molecule has 0 spiro atoms. The van der Waals surface area contributed by atoms with E-state index in [1.807, 2.05) is 24.4 Å². The van der Waals surface area contributed by atoms with Crippen LogP contribution in [-0.4, -0.2) is 66.4 Å². The van der Waals surface area contributed by atoms with Crippen LogP contribution in [0.2, 0.25) is 0 Å². The number of nitrogens with zero attached hydrogens (tertiary/aromatic N) is 4. The van der Waals surface area contributed by atoms with Gasteiger partial charge in [-0.1, -0.05) is 30.3 Å². The van der Waals surface area contributed by atoms with E-state index >= 15 is 0 Å². The van der Waals surface area contributed by atoms with Gasteiger partial charge in [-0.3, -0.25) is 4.90 Å². The van der Waals surface area contributed by atoms with Crippen molar-refractivity contribution in [3.8, 4) is 0 Å². The van der Waals surface area contributed by atoms with Crippen molar-refractivity contribution in [2.75, 3.05) is 33.3 Å². The molecule has 1 aliphatic rings. The molecular weight excluding hydrogens is 448 g/mol. The van der Waals surface area contributed by atoms with Gasteiger partial charge in [0.05, 0.1) is 13.7 Å². The first-order chi connectivity index (χ1) is 15.5. The molecule has 0 atom stereocenters. The number of aromatic nitrogens is 2. The van der Waals surface area contributed by atoms with Crippen LogP contribution in [0.15, 0.2) is 59.1 Å². The molecule has 0 unspecified atom stereocenters. The van der Waals surface area contributed by atoms with Crippen molar-refractivity contribution < 1.29 is 17.9 Å². The van der Waals surface area contributed by atoms with Gasteiger partial charge in [-0.05, 0) is 30.0 Å². The molecule has 8 nitrogen and oxygen atoms in total. The van der Waals surface area contributed by atoms with Crippen molar-refractivity contribution in [3.63, 3.8) is 0 Å². The van der Waals surface area contributed by atoms with E-state index in [2.05, 4.69) is 26.6 Å². The first-order valence-electron chi connectivity index (χ1n) is 10.4. The molecule has 1 saturated heterocycles. The minimum atomic E-state index is -3.77. The molecule has 3 aromatic rings. The van der Waals surface area contributed by atoms with Crippen LogP contribution in [0.3, 0.4) is 0 Å². The van der Waals surface area contributed by atoms with Gasteiger partial charge in [0.15, 0.2) is 0 Å². The summed E-state index contributed by atoms with van der Waals surface area (Å²) in [6.07, 6.45) is 4.48. The molecular formula is C22H26N4O4S2. The number of hydrogen-bond donors (Lipinski definition) is 0. The summed E-state index contributed by atoms with van der Waals surface area (Å²) in [7, 11) is -2.51. The fraction of sp³-hybridized carbons (Fsp3) is 0.364. The largest absolute Gasteiger partial charge is 0.465 e. The normalized spacial score (nSPS) is 16.0. The summed E-state index contributed by atoms with van der Waals surface area (Å²) in [5.74, 6) is 0.330. The fourth-order valence-corrected chi connectivity index (χ4v) is 6.62. The lowest BCUT2D eigenvalue weighted by molar-refractivity contribution is 0.0602. The van der Waals surface area contributed by atoms with Crippen molar-refractivity contribution >= 4 is 27.3 Å². The van der Waals surface area contributed by atoms with Gasteiger partial charge in [0.25, 0.3) is 0 Å². The second kappa shape index (κ2) is 9.95. The molecule has 3 heterocycles.